The molecule has 1 aliphatic heterocycles. The highest BCUT2D eigenvalue weighted by atomic mass is 35.5. The van der Waals surface area contributed by atoms with Crippen molar-refractivity contribution in [1.82, 2.24) is 10.3 Å². The summed E-state index contributed by atoms with van der Waals surface area (Å²) in [6.07, 6.45) is 8.46. The first-order valence-electron chi connectivity index (χ1n) is 5.18. The molecule has 1 aromatic rings. The molecule has 0 bridgehead atoms. The first-order chi connectivity index (χ1) is 6.86. The fourth-order valence-corrected chi connectivity index (χ4v) is 2.13. The van der Waals surface area contributed by atoms with E-state index in [-0.39, 0.29) is 0 Å². The quantitative estimate of drug-likeness (QED) is 0.811. The van der Waals surface area contributed by atoms with Gasteiger partial charge in [-0.2, -0.15) is 0 Å². The Labute approximate surface area is 89.7 Å². The van der Waals surface area contributed by atoms with Gasteiger partial charge in [0.2, 0.25) is 0 Å². The van der Waals surface area contributed by atoms with Gasteiger partial charge in [0.1, 0.15) is 0 Å². The van der Waals surface area contributed by atoms with Gasteiger partial charge in [-0.05, 0) is 37.4 Å². The standard InChI is InChI=1S/C11H15ClN2/c12-11-8-13-6-4-9(11)7-10-3-1-2-5-14-10/h4,6,8,10,14H,1-3,5,7H2. The zero-order chi connectivity index (χ0) is 9.80. The number of nitrogens with zero attached hydrogens (tertiary/aromatic N) is 1. The van der Waals surface area contributed by atoms with Crippen molar-refractivity contribution in [3.05, 3.63) is 29.0 Å². The minimum atomic E-state index is 0.601. The highest BCUT2D eigenvalue weighted by Gasteiger charge is 2.13. The van der Waals surface area contributed by atoms with Gasteiger partial charge in [-0.25, -0.2) is 0 Å². The molecule has 3 heteroatoms. The van der Waals surface area contributed by atoms with Gasteiger partial charge in [-0.15, -0.1) is 0 Å². The number of nitrogens with one attached hydrogen (secondary N) is 1. The van der Waals surface area contributed by atoms with E-state index in [4.69, 9.17) is 11.6 Å². The fourth-order valence-electron chi connectivity index (χ4n) is 1.93. The van der Waals surface area contributed by atoms with Crippen molar-refractivity contribution < 1.29 is 0 Å². The smallest absolute Gasteiger partial charge is 0.0621 e. The van der Waals surface area contributed by atoms with Crippen LogP contribution < -0.4 is 5.32 Å². The first kappa shape index (κ1) is 9.94. The molecule has 76 valence electrons. The monoisotopic (exact) mass is 210 g/mol. The highest BCUT2D eigenvalue weighted by Crippen LogP contribution is 2.18. The van der Waals surface area contributed by atoms with Crippen LogP contribution in [0.25, 0.3) is 0 Å². The van der Waals surface area contributed by atoms with Crippen LogP contribution >= 0.6 is 11.6 Å². The Kier molecular flexibility index (Phi) is 3.38. The van der Waals surface area contributed by atoms with Crippen molar-refractivity contribution in [2.45, 2.75) is 31.7 Å². The summed E-state index contributed by atoms with van der Waals surface area (Å²) in [4.78, 5) is 3.99. The summed E-state index contributed by atoms with van der Waals surface area (Å²) < 4.78 is 0. The van der Waals surface area contributed by atoms with Crippen LogP contribution in [0.3, 0.4) is 0 Å². The molecule has 1 N–H and O–H groups in total. The van der Waals surface area contributed by atoms with Crippen LogP contribution in [0.5, 0.6) is 0 Å². The third kappa shape index (κ3) is 2.46. The lowest BCUT2D eigenvalue weighted by Crippen LogP contribution is -2.35. The molecular formula is C11H15ClN2. The third-order valence-corrected chi connectivity index (χ3v) is 3.08. The molecule has 1 unspecified atom stereocenters. The van der Waals surface area contributed by atoms with E-state index in [1.165, 1.54) is 24.8 Å². The van der Waals surface area contributed by atoms with Gasteiger partial charge in [0.05, 0.1) is 5.02 Å². The molecule has 0 aromatic carbocycles. The van der Waals surface area contributed by atoms with E-state index in [0.717, 1.165) is 18.0 Å². The van der Waals surface area contributed by atoms with Crippen molar-refractivity contribution in [1.29, 1.82) is 0 Å². The summed E-state index contributed by atoms with van der Waals surface area (Å²) in [7, 11) is 0. The Hall–Kier alpha value is -0.600. The van der Waals surface area contributed by atoms with E-state index in [9.17, 15) is 0 Å². The zero-order valence-corrected chi connectivity index (χ0v) is 8.93. The van der Waals surface area contributed by atoms with Crippen molar-refractivity contribution >= 4 is 11.6 Å². The molecule has 1 fully saturated rings. The van der Waals surface area contributed by atoms with Crippen LogP contribution in [0.1, 0.15) is 24.8 Å². The summed E-state index contributed by atoms with van der Waals surface area (Å²) in [5.41, 5.74) is 1.21. The Morgan fingerprint density at radius 3 is 3.14 bits per heavy atom. The van der Waals surface area contributed by atoms with Crippen LogP contribution in [-0.4, -0.2) is 17.6 Å². The molecule has 0 saturated carbocycles. The van der Waals surface area contributed by atoms with E-state index in [0.29, 0.717) is 6.04 Å². The summed E-state index contributed by atoms with van der Waals surface area (Å²) in [6, 6.07) is 2.61. The minimum absolute atomic E-state index is 0.601. The van der Waals surface area contributed by atoms with Crippen molar-refractivity contribution in [2.24, 2.45) is 0 Å². The van der Waals surface area contributed by atoms with Crippen LogP contribution in [0.15, 0.2) is 18.5 Å². The van der Waals surface area contributed by atoms with Crippen LogP contribution in [0, 0.1) is 0 Å². The number of halogens is 1. The molecule has 1 saturated heterocycles. The van der Waals surface area contributed by atoms with E-state index in [2.05, 4.69) is 10.3 Å². The second-order valence-corrected chi connectivity index (χ2v) is 4.23. The number of hydrogen-bond acceptors (Lipinski definition) is 2. The fraction of sp³-hybridized carbons (Fsp3) is 0.545. The first-order valence-corrected chi connectivity index (χ1v) is 5.56. The number of hydrogen-bond donors (Lipinski definition) is 1. The van der Waals surface area contributed by atoms with Crippen LogP contribution in [-0.2, 0) is 6.42 Å². The van der Waals surface area contributed by atoms with E-state index >= 15 is 0 Å². The Balaban J connectivity index is 1.99. The number of rotatable bonds is 2. The largest absolute Gasteiger partial charge is 0.314 e. The Morgan fingerprint density at radius 2 is 2.43 bits per heavy atom. The molecule has 2 heterocycles. The third-order valence-electron chi connectivity index (χ3n) is 2.74. The van der Waals surface area contributed by atoms with Gasteiger partial charge < -0.3 is 5.32 Å². The van der Waals surface area contributed by atoms with Gasteiger partial charge in [0, 0.05) is 18.4 Å². The molecule has 1 atom stereocenters. The Bertz CT molecular complexity index is 295. The maximum atomic E-state index is 6.05. The molecule has 0 radical (unpaired) electrons. The van der Waals surface area contributed by atoms with Crippen LogP contribution in [0.2, 0.25) is 5.02 Å². The number of aromatic nitrogens is 1. The molecule has 2 nitrogen and oxygen atoms in total. The molecule has 1 aliphatic rings. The van der Waals surface area contributed by atoms with Gasteiger partial charge in [0.25, 0.3) is 0 Å². The predicted molar refractivity (Wildman–Crippen MR) is 58.6 cm³/mol. The van der Waals surface area contributed by atoms with Gasteiger partial charge in [-0.3, -0.25) is 4.98 Å². The average molecular weight is 211 g/mol. The predicted octanol–water partition coefficient (Wildman–Crippen LogP) is 2.42. The van der Waals surface area contributed by atoms with Crippen LogP contribution in [0.4, 0.5) is 0 Å². The van der Waals surface area contributed by atoms with Crippen molar-refractivity contribution in [2.75, 3.05) is 6.54 Å². The molecule has 0 amide bonds. The maximum absolute atomic E-state index is 6.05. The van der Waals surface area contributed by atoms with Gasteiger partial charge >= 0.3 is 0 Å². The SMILES string of the molecule is Clc1cnccc1CC1CCCCN1. The molecule has 0 aliphatic carbocycles. The molecular weight excluding hydrogens is 196 g/mol. The van der Waals surface area contributed by atoms with Gasteiger partial charge in [-0.1, -0.05) is 18.0 Å². The molecule has 0 spiro atoms. The van der Waals surface area contributed by atoms with E-state index < -0.39 is 0 Å². The summed E-state index contributed by atoms with van der Waals surface area (Å²) >= 11 is 6.05. The topological polar surface area (TPSA) is 24.9 Å². The average Bonchev–Trinajstić information content (AvgIpc) is 2.23. The second-order valence-electron chi connectivity index (χ2n) is 3.82. The van der Waals surface area contributed by atoms with E-state index in [1.807, 2.05) is 12.3 Å². The highest BCUT2D eigenvalue weighted by molar-refractivity contribution is 6.31. The zero-order valence-electron chi connectivity index (χ0n) is 8.17. The van der Waals surface area contributed by atoms with Gasteiger partial charge in [0.15, 0.2) is 0 Å². The lowest BCUT2D eigenvalue weighted by molar-refractivity contribution is 0.399. The number of piperidine rings is 1. The minimum Gasteiger partial charge on any atom is -0.314 e. The lowest BCUT2D eigenvalue weighted by atomic mass is 9.98. The Morgan fingerprint density at radius 1 is 1.50 bits per heavy atom. The lowest BCUT2D eigenvalue weighted by Gasteiger charge is -2.23. The normalized spacial score (nSPS) is 22.2. The van der Waals surface area contributed by atoms with Crippen molar-refractivity contribution in [3.63, 3.8) is 0 Å². The second kappa shape index (κ2) is 4.76. The summed E-state index contributed by atoms with van der Waals surface area (Å²) in [6.45, 7) is 1.15. The summed E-state index contributed by atoms with van der Waals surface area (Å²) in [5.74, 6) is 0. The molecule has 14 heavy (non-hydrogen) atoms. The summed E-state index contributed by atoms with van der Waals surface area (Å²) in [5, 5.41) is 4.31. The van der Waals surface area contributed by atoms with Crippen molar-refractivity contribution in [3.8, 4) is 0 Å². The molecule has 2 rings (SSSR count). The van der Waals surface area contributed by atoms with E-state index in [1.54, 1.807) is 6.20 Å². The maximum Gasteiger partial charge on any atom is 0.0621 e. The molecule has 1 aromatic heterocycles. The number of pyridine rings is 1.